The zero-order valence-corrected chi connectivity index (χ0v) is 11.0. The van der Waals surface area contributed by atoms with Gasteiger partial charge in [0.2, 0.25) is 0 Å². The van der Waals surface area contributed by atoms with Crippen LogP contribution in [-0.2, 0) is 6.54 Å². The number of aryl methyl sites for hydroxylation is 1. The molecule has 0 aliphatic heterocycles. The molecule has 3 nitrogen and oxygen atoms in total. The van der Waals surface area contributed by atoms with E-state index in [0.29, 0.717) is 0 Å². The number of rotatable bonds is 5. The Kier molecular flexibility index (Phi) is 4.15. The topological polar surface area (TPSA) is 38.0 Å². The Morgan fingerprint density at radius 1 is 1.28 bits per heavy atom. The van der Waals surface area contributed by atoms with E-state index in [-0.39, 0.29) is 5.92 Å². The van der Waals surface area contributed by atoms with Crippen LogP contribution in [0.5, 0.6) is 0 Å². The number of nitrogens with zero attached hydrogens (tertiary/aromatic N) is 2. The van der Waals surface area contributed by atoms with Gasteiger partial charge in [0, 0.05) is 24.9 Å². The lowest BCUT2D eigenvalue weighted by Gasteiger charge is -2.20. The number of aromatic nitrogens is 2. The van der Waals surface area contributed by atoms with Gasteiger partial charge in [-0.25, -0.2) is 4.98 Å². The Morgan fingerprint density at radius 3 is 2.67 bits per heavy atom. The Bertz CT molecular complexity index is 478. The third-order valence-electron chi connectivity index (χ3n) is 3.28. The molecule has 0 bridgehead atoms. The maximum atomic E-state index is 10.5. The van der Waals surface area contributed by atoms with Crippen LogP contribution in [0.4, 0.5) is 0 Å². The highest BCUT2D eigenvalue weighted by Crippen LogP contribution is 2.29. The van der Waals surface area contributed by atoms with Crippen LogP contribution >= 0.6 is 0 Å². The van der Waals surface area contributed by atoms with E-state index < -0.39 is 6.10 Å². The maximum Gasteiger partial charge on any atom is 0.138 e. The summed E-state index contributed by atoms with van der Waals surface area (Å²) >= 11 is 0. The lowest BCUT2D eigenvalue weighted by molar-refractivity contribution is 0.137. The molecule has 0 aliphatic carbocycles. The fourth-order valence-corrected chi connectivity index (χ4v) is 2.18. The number of benzene rings is 1. The summed E-state index contributed by atoms with van der Waals surface area (Å²) in [4.78, 5) is 4.29. The van der Waals surface area contributed by atoms with E-state index in [0.717, 1.165) is 24.4 Å². The van der Waals surface area contributed by atoms with E-state index in [1.807, 2.05) is 48.0 Å². The van der Waals surface area contributed by atoms with Gasteiger partial charge in [0.1, 0.15) is 11.9 Å². The summed E-state index contributed by atoms with van der Waals surface area (Å²) in [6.07, 6.45) is 4.16. The first-order valence-corrected chi connectivity index (χ1v) is 6.48. The fraction of sp³-hybridized carbons (Fsp3) is 0.400. The molecule has 2 unspecified atom stereocenters. The molecule has 1 aromatic heterocycles. The molecule has 96 valence electrons. The molecule has 1 heterocycles. The summed E-state index contributed by atoms with van der Waals surface area (Å²) in [7, 11) is 0. The van der Waals surface area contributed by atoms with Crippen molar-refractivity contribution in [3.05, 3.63) is 54.1 Å². The first-order chi connectivity index (χ1) is 8.74. The predicted molar refractivity (Wildman–Crippen MR) is 72.3 cm³/mol. The van der Waals surface area contributed by atoms with Crippen molar-refractivity contribution in [2.45, 2.75) is 38.8 Å². The van der Waals surface area contributed by atoms with E-state index >= 15 is 0 Å². The molecule has 0 fully saturated rings. The van der Waals surface area contributed by atoms with Crippen molar-refractivity contribution in [1.29, 1.82) is 0 Å². The first-order valence-electron chi connectivity index (χ1n) is 6.48. The van der Waals surface area contributed by atoms with E-state index in [4.69, 9.17) is 0 Å². The molecular formula is C15H20N2O. The summed E-state index contributed by atoms with van der Waals surface area (Å²) in [5.41, 5.74) is 1.14. The van der Waals surface area contributed by atoms with Crippen LogP contribution in [0.3, 0.4) is 0 Å². The molecule has 0 radical (unpaired) electrons. The molecule has 0 saturated heterocycles. The maximum absolute atomic E-state index is 10.5. The van der Waals surface area contributed by atoms with Crippen LogP contribution < -0.4 is 0 Å². The van der Waals surface area contributed by atoms with E-state index in [9.17, 15) is 5.11 Å². The van der Waals surface area contributed by atoms with Crippen LogP contribution in [0.25, 0.3) is 0 Å². The third kappa shape index (κ3) is 2.62. The molecule has 18 heavy (non-hydrogen) atoms. The summed E-state index contributed by atoms with van der Waals surface area (Å²) in [5.74, 6) is 0.803. The lowest BCUT2D eigenvalue weighted by atomic mass is 9.95. The highest BCUT2D eigenvalue weighted by atomic mass is 16.3. The molecule has 2 rings (SSSR count). The Morgan fingerprint density at radius 2 is 2.00 bits per heavy atom. The fourth-order valence-electron chi connectivity index (χ4n) is 2.18. The van der Waals surface area contributed by atoms with Crippen LogP contribution in [0.1, 0.15) is 43.7 Å². The second-order valence-electron chi connectivity index (χ2n) is 4.62. The van der Waals surface area contributed by atoms with Gasteiger partial charge in [-0.15, -0.1) is 0 Å². The second-order valence-corrected chi connectivity index (χ2v) is 4.62. The minimum absolute atomic E-state index is 0.0456. The molecule has 1 N–H and O–H groups in total. The Hall–Kier alpha value is -1.61. The molecule has 0 amide bonds. The molecular weight excluding hydrogens is 224 g/mol. The van der Waals surface area contributed by atoms with E-state index in [2.05, 4.69) is 11.9 Å². The van der Waals surface area contributed by atoms with Gasteiger partial charge >= 0.3 is 0 Å². The number of aliphatic hydroxyl groups is 1. The highest BCUT2D eigenvalue weighted by Gasteiger charge is 2.21. The second kappa shape index (κ2) is 5.83. The molecule has 1 aromatic carbocycles. The van der Waals surface area contributed by atoms with Crippen LogP contribution in [0.2, 0.25) is 0 Å². The molecule has 2 aromatic rings. The summed E-state index contributed by atoms with van der Waals surface area (Å²) in [5, 5.41) is 10.5. The normalized spacial score (nSPS) is 14.4. The van der Waals surface area contributed by atoms with E-state index in [1.54, 1.807) is 6.20 Å². The average molecular weight is 244 g/mol. The monoisotopic (exact) mass is 244 g/mol. The largest absolute Gasteiger partial charge is 0.385 e. The van der Waals surface area contributed by atoms with Gasteiger partial charge in [-0.05, 0) is 12.0 Å². The van der Waals surface area contributed by atoms with Gasteiger partial charge in [0.15, 0.2) is 0 Å². The van der Waals surface area contributed by atoms with Crippen LogP contribution in [-0.4, -0.2) is 14.7 Å². The van der Waals surface area contributed by atoms with Gasteiger partial charge in [-0.1, -0.05) is 44.2 Å². The number of imidazole rings is 1. The Balaban J connectivity index is 2.20. The van der Waals surface area contributed by atoms with Crippen LogP contribution in [0.15, 0.2) is 42.7 Å². The van der Waals surface area contributed by atoms with Crippen LogP contribution in [0, 0.1) is 0 Å². The molecule has 2 atom stereocenters. The first kappa shape index (κ1) is 12.8. The average Bonchev–Trinajstić information content (AvgIpc) is 2.87. The smallest absolute Gasteiger partial charge is 0.138 e. The number of hydrogen-bond donors (Lipinski definition) is 1. The quantitative estimate of drug-likeness (QED) is 0.877. The van der Waals surface area contributed by atoms with Gasteiger partial charge in [0.25, 0.3) is 0 Å². The summed E-state index contributed by atoms with van der Waals surface area (Å²) < 4.78 is 2.03. The molecule has 3 heteroatoms. The lowest BCUT2D eigenvalue weighted by Crippen LogP contribution is -2.14. The van der Waals surface area contributed by atoms with Gasteiger partial charge in [-0.2, -0.15) is 0 Å². The third-order valence-corrected chi connectivity index (χ3v) is 3.28. The minimum atomic E-state index is -0.561. The van der Waals surface area contributed by atoms with Crippen molar-refractivity contribution >= 4 is 0 Å². The van der Waals surface area contributed by atoms with Gasteiger partial charge in [0.05, 0.1) is 0 Å². The minimum Gasteiger partial charge on any atom is -0.385 e. The Labute approximate surface area is 108 Å². The van der Waals surface area contributed by atoms with Crippen molar-refractivity contribution in [2.24, 2.45) is 0 Å². The molecule has 0 aliphatic rings. The summed E-state index contributed by atoms with van der Waals surface area (Å²) in [6, 6.07) is 10.1. The van der Waals surface area contributed by atoms with Gasteiger partial charge in [-0.3, -0.25) is 0 Å². The molecule has 0 saturated carbocycles. The number of hydrogen-bond acceptors (Lipinski definition) is 2. The zero-order valence-electron chi connectivity index (χ0n) is 11.0. The zero-order chi connectivity index (χ0) is 13.0. The van der Waals surface area contributed by atoms with Crippen molar-refractivity contribution in [3.63, 3.8) is 0 Å². The summed E-state index contributed by atoms with van der Waals surface area (Å²) in [6.45, 7) is 5.05. The van der Waals surface area contributed by atoms with Crippen molar-refractivity contribution in [2.75, 3.05) is 0 Å². The predicted octanol–water partition coefficient (Wildman–Crippen LogP) is 3.13. The standard InChI is InChI=1S/C15H20N2O/c1-3-10-17-11-9-16-15(17)14(18)12(2)13-7-5-4-6-8-13/h4-9,11-12,14,18H,3,10H2,1-2H3. The van der Waals surface area contributed by atoms with Crippen molar-refractivity contribution in [3.8, 4) is 0 Å². The SMILES string of the molecule is CCCn1ccnc1C(O)C(C)c1ccccc1. The van der Waals surface area contributed by atoms with Crippen molar-refractivity contribution in [1.82, 2.24) is 9.55 Å². The van der Waals surface area contributed by atoms with E-state index in [1.165, 1.54) is 0 Å². The molecule has 0 spiro atoms. The number of aliphatic hydroxyl groups excluding tert-OH is 1. The van der Waals surface area contributed by atoms with Gasteiger partial charge < -0.3 is 9.67 Å². The highest BCUT2D eigenvalue weighted by molar-refractivity contribution is 5.21. The van der Waals surface area contributed by atoms with Crippen molar-refractivity contribution < 1.29 is 5.11 Å².